The molecule has 5 aliphatic rings. The highest BCUT2D eigenvalue weighted by Gasteiger charge is 2.40. The van der Waals surface area contributed by atoms with Crippen LogP contribution >= 0.6 is 23.2 Å². The van der Waals surface area contributed by atoms with Gasteiger partial charge in [-0.05, 0) is 143 Å². The van der Waals surface area contributed by atoms with E-state index in [0.29, 0.717) is 31.7 Å². The molecule has 0 spiro atoms. The predicted molar refractivity (Wildman–Crippen MR) is 341 cm³/mol. The first-order valence-corrected chi connectivity index (χ1v) is 30.4. The zero-order chi connectivity index (χ0) is 67.8. The minimum absolute atomic E-state index is 0.00742. The van der Waals surface area contributed by atoms with Crippen molar-refractivity contribution in [2.24, 2.45) is 11.5 Å². The zero-order valence-electron chi connectivity index (χ0n) is 50.0. The Labute approximate surface area is 550 Å². The Morgan fingerprint density at radius 2 is 1.09 bits per heavy atom. The number of nitrogens with two attached hydrogens (primary N) is 2. The molecule has 0 saturated carbocycles. The van der Waals surface area contributed by atoms with Gasteiger partial charge in [-0.3, -0.25) is 33.6 Å². The van der Waals surface area contributed by atoms with Crippen LogP contribution < -0.4 is 73.5 Å². The molecule has 0 saturated heterocycles. The third kappa shape index (κ3) is 16.1. The molecule has 95 heavy (non-hydrogen) atoms. The second kappa shape index (κ2) is 29.6. The molecule has 12 rings (SSSR count). The number of aromatic hydroxyl groups is 6. The molecular weight excluding hydrogens is 1280 g/mol. The van der Waals surface area contributed by atoms with Crippen LogP contribution in [-0.2, 0) is 40.0 Å². The summed E-state index contributed by atoms with van der Waals surface area (Å²) in [6.45, 7) is 2.61. The highest BCUT2D eigenvalue weighted by molar-refractivity contribution is 6.32. The lowest BCUT2D eigenvalue weighted by Gasteiger charge is -2.30. The van der Waals surface area contributed by atoms with E-state index in [4.69, 9.17) is 48.9 Å². The van der Waals surface area contributed by atoms with Crippen LogP contribution in [0.15, 0.2) is 127 Å². The number of phenolic OH excluding ortho intramolecular Hbond substituents is 6. The molecule has 7 aromatic carbocycles. The van der Waals surface area contributed by atoms with E-state index in [1.54, 1.807) is 0 Å². The fourth-order valence-corrected chi connectivity index (χ4v) is 11.2. The number of nitrogens with one attached hydrogen (secondary N) is 9. The number of carbonyl (C=O) groups excluding carboxylic acids is 7. The highest BCUT2D eigenvalue weighted by Crippen LogP contribution is 2.47. The fourth-order valence-electron chi connectivity index (χ4n) is 10.7. The van der Waals surface area contributed by atoms with Gasteiger partial charge >= 0.3 is 0 Å². The number of aliphatic hydroxyl groups excluding tert-OH is 1. The number of hydrogen-bond acceptors (Lipinski definition) is 21. The van der Waals surface area contributed by atoms with Gasteiger partial charge in [-0.2, -0.15) is 0 Å². The summed E-state index contributed by atoms with van der Waals surface area (Å²) in [5.41, 5.74) is 11.5. The summed E-state index contributed by atoms with van der Waals surface area (Å²) in [5.74, 6) is -12.7. The third-order valence-electron chi connectivity index (χ3n) is 15.5. The van der Waals surface area contributed by atoms with Crippen LogP contribution in [0.5, 0.6) is 69.0 Å². The second-order valence-corrected chi connectivity index (χ2v) is 23.2. The summed E-state index contributed by atoms with van der Waals surface area (Å²) in [6.07, 6.45) is -1.71. The molecule has 0 aliphatic carbocycles. The molecule has 28 nitrogen and oxygen atoms in total. The summed E-state index contributed by atoms with van der Waals surface area (Å²) in [5, 5.41) is 102. The second-order valence-electron chi connectivity index (χ2n) is 22.4. The van der Waals surface area contributed by atoms with Gasteiger partial charge in [-0.1, -0.05) is 53.5 Å². The van der Waals surface area contributed by atoms with Crippen LogP contribution in [-0.4, -0.2) is 128 Å². The number of rotatable bonds is 14. The van der Waals surface area contributed by atoms with Gasteiger partial charge in [0.25, 0.3) is 0 Å². The van der Waals surface area contributed by atoms with Crippen molar-refractivity contribution in [3.05, 3.63) is 176 Å². The zero-order valence-corrected chi connectivity index (χ0v) is 51.5. The molecule has 496 valence electrons. The van der Waals surface area contributed by atoms with Gasteiger partial charge in [0.15, 0.2) is 23.0 Å². The Hall–Kier alpha value is -10.6. The predicted octanol–water partition coefficient (Wildman–Crippen LogP) is 3.56. The number of phenols is 6. The summed E-state index contributed by atoms with van der Waals surface area (Å²) >= 11 is 13.8. The first-order chi connectivity index (χ1) is 45.5. The fraction of sp³-hybridized carbons (Fsp3) is 0.246. The van der Waals surface area contributed by atoms with Crippen molar-refractivity contribution in [1.82, 2.24) is 47.9 Å². The Morgan fingerprint density at radius 3 is 1.75 bits per heavy atom. The Morgan fingerprint density at radius 1 is 0.526 bits per heavy atom. The molecule has 0 aromatic heterocycles. The molecule has 8 atom stereocenters. The van der Waals surface area contributed by atoms with Crippen LogP contribution in [0.25, 0.3) is 0 Å². The van der Waals surface area contributed by atoms with Crippen molar-refractivity contribution in [3.63, 3.8) is 0 Å². The molecule has 30 heteroatoms. The summed E-state index contributed by atoms with van der Waals surface area (Å²) in [4.78, 5) is 105. The molecule has 20 N–H and O–H groups in total. The van der Waals surface area contributed by atoms with Crippen LogP contribution in [0.1, 0.15) is 81.7 Å². The average molecular weight is 1340 g/mol. The SMILES string of the molecule is NCCNCCCNCCNC(=O)[C@@H](NC(=O)[C@H]1NC(=O)[C@@H](c2ccc(O)cc2)NC(=O)[C@@H]2NC(=O)[C@H]3NC(=O)[C@@H](Cc4ccc(c(Cl)c4)Oc4cc2cc(c4O)Oc2ccc(cc2Cl)[C@H]1O)NC(=O)[C@H](N)c1ccc(O)c(c1)Oc1cc(O)cc3c1)c1cc(O)cc(O)c1. The van der Waals surface area contributed by atoms with Crippen LogP contribution in [0.3, 0.4) is 0 Å². The maximum atomic E-state index is 15.7. The summed E-state index contributed by atoms with van der Waals surface area (Å²) < 4.78 is 18.5. The third-order valence-corrected chi connectivity index (χ3v) is 16.1. The number of carbonyl (C=O) groups is 7. The van der Waals surface area contributed by atoms with Gasteiger partial charge in [0.1, 0.15) is 88.6 Å². The molecular formula is C65H65Cl2N11O17. The van der Waals surface area contributed by atoms with E-state index >= 15 is 19.2 Å². The molecule has 0 fully saturated rings. The van der Waals surface area contributed by atoms with Crippen LogP contribution in [0.4, 0.5) is 0 Å². The largest absolute Gasteiger partial charge is 0.508 e. The van der Waals surface area contributed by atoms with E-state index in [1.165, 1.54) is 66.7 Å². The number of amides is 7. The smallest absolute Gasteiger partial charge is 0.248 e. The first-order valence-electron chi connectivity index (χ1n) is 29.6. The van der Waals surface area contributed by atoms with Gasteiger partial charge in [-0.15, -0.1) is 0 Å². The molecule has 7 amide bonds. The van der Waals surface area contributed by atoms with E-state index < -0.39 is 130 Å². The lowest BCUT2D eigenvalue weighted by Crippen LogP contribution is -2.55. The number of hydrogen-bond donors (Lipinski definition) is 18. The maximum Gasteiger partial charge on any atom is 0.248 e. The van der Waals surface area contributed by atoms with E-state index in [1.807, 2.05) is 0 Å². The van der Waals surface area contributed by atoms with E-state index in [9.17, 15) is 50.1 Å². The molecule has 0 radical (unpaired) electrons. The summed E-state index contributed by atoms with van der Waals surface area (Å²) in [7, 11) is 0. The Kier molecular flexibility index (Phi) is 20.9. The van der Waals surface area contributed by atoms with E-state index in [2.05, 4.69) is 47.9 Å². The topological polar surface area (TPSA) is 449 Å². The summed E-state index contributed by atoms with van der Waals surface area (Å²) in [6, 6.07) is 12.1. The molecule has 5 aliphatic heterocycles. The molecule has 0 unspecified atom stereocenters. The Bertz CT molecular complexity index is 4090. The number of ether oxygens (including phenoxy) is 3. The van der Waals surface area contributed by atoms with Gasteiger partial charge in [0, 0.05) is 44.7 Å². The molecule has 5 heterocycles. The van der Waals surface area contributed by atoms with Crippen molar-refractivity contribution in [2.45, 2.75) is 61.2 Å². The normalized spacial score (nSPS) is 19.9. The van der Waals surface area contributed by atoms with E-state index in [-0.39, 0.29) is 91.7 Å². The highest BCUT2D eigenvalue weighted by atomic mass is 35.5. The van der Waals surface area contributed by atoms with Crippen molar-refractivity contribution >= 4 is 64.6 Å². The van der Waals surface area contributed by atoms with E-state index in [0.717, 1.165) is 67.1 Å². The minimum Gasteiger partial charge on any atom is -0.508 e. The minimum atomic E-state index is -2.16. The standard InChI is InChI=1S/C65H65Cl2N11O17/c66-42-18-30-2-10-46(42)94-49-26-36-27-50(58(49)85)95-47-11-6-33(24-43(47)67)57(84)56(65(92)76-53(34-20-38(80)28-39(81)21-34)61(88)72-17-16-71-14-1-13-70-15-12-68)78-62(89)52(31-3-7-37(79)8-4-31)75-64(91)55(36)77-63(90)54-35-22-40(82)29-41(23-35)93-48-25-32(5-9-45(48)83)51(69)60(87)73-44(19-30)59(86)74-54/h2-11,18,20-29,44,51-57,70-71,79-85H,1,12-17,19,68-69H2,(H,72,88)(H,73,87)(H,74,86)(H,75,91)(H,76,92)(H,77,90)(H,78,89)/t44-,51-,52-,53+,54+,55-,56+,57-/m1/s1. The lowest BCUT2D eigenvalue weighted by molar-refractivity contribution is -0.137. The number of fused-ring (bicyclic) bond motifs is 15. The molecule has 7 aromatic rings. The lowest BCUT2D eigenvalue weighted by atomic mass is 9.97. The monoisotopic (exact) mass is 1340 g/mol. The van der Waals surface area contributed by atoms with Crippen molar-refractivity contribution in [1.29, 1.82) is 0 Å². The van der Waals surface area contributed by atoms with Gasteiger partial charge in [0.05, 0.1) is 10.0 Å². The van der Waals surface area contributed by atoms with Crippen molar-refractivity contribution in [2.75, 3.05) is 39.3 Å². The van der Waals surface area contributed by atoms with Gasteiger partial charge in [-0.25, -0.2) is 0 Å². The average Bonchev–Trinajstić information content (AvgIpc) is 0.884. The number of halogens is 2. The molecule has 13 bridgehead atoms. The van der Waals surface area contributed by atoms with Gasteiger partial charge in [0.2, 0.25) is 47.1 Å². The first kappa shape index (κ1) is 67.3. The van der Waals surface area contributed by atoms with Crippen molar-refractivity contribution < 1.29 is 83.5 Å². The number of aliphatic hydroxyl groups is 1. The maximum absolute atomic E-state index is 15.7. The number of benzene rings is 7. The quantitative estimate of drug-likeness (QED) is 0.0692. The van der Waals surface area contributed by atoms with Crippen LogP contribution in [0, 0.1) is 0 Å². The van der Waals surface area contributed by atoms with Gasteiger partial charge < -0.3 is 109 Å². The van der Waals surface area contributed by atoms with Crippen molar-refractivity contribution in [3.8, 4) is 69.0 Å². The Balaban J connectivity index is 1.09. The van der Waals surface area contributed by atoms with Crippen LogP contribution in [0.2, 0.25) is 10.0 Å².